The third-order valence-corrected chi connectivity index (χ3v) is 6.09. The molecule has 0 spiro atoms. The SMILES string of the molecule is CCCc1cc2c(=O)c(-c3ccc4c(c3)OCCO4)coc2cc1C1CN(C(=O)O)CCO1. The second-order valence-corrected chi connectivity index (χ2v) is 8.22. The van der Waals surface area contributed by atoms with E-state index in [0.29, 0.717) is 60.0 Å². The first-order valence-corrected chi connectivity index (χ1v) is 11.1. The van der Waals surface area contributed by atoms with Crippen molar-refractivity contribution < 1.29 is 28.5 Å². The van der Waals surface area contributed by atoms with Gasteiger partial charge >= 0.3 is 6.09 Å². The summed E-state index contributed by atoms with van der Waals surface area (Å²) in [5.41, 5.74) is 3.30. The molecule has 5 rings (SSSR count). The second kappa shape index (κ2) is 8.78. The van der Waals surface area contributed by atoms with E-state index in [1.165, 1.54) is 11.2 Å². The van der Waals surface area contributed by atoms with Crippen LogP contribution in [0.3, 0.4) is 0 Å². The summed E-state index contributed by atoms with van der Waals surface area (Å²) < 4.78 is 23.0. The number of carboxylic acid groups (broad SMARTS) is 1. The molecule has 1 aromatic heterocycles. The Morgan fingerprint density at radius 2 is 1.94 bits per heavy atom. The summed E-state index contributed by atoms with van der Waals surface area (Å²) in [5.74, 6) is 1.27. The molecule has 8 heteroatoms. The molecular formula is C25H25NO7. The summed E-state index contributed by atoms with van der Waals surface area (Å²) in [6.07, 6.45) is 1.72. The maximum atomic E-state index is 13.4. The predicted octanol–water partition coefficient (Wildman–Crippen LogP) is 4.24. The quantitative estimate of drug-likeness (QED) is 0.634. The third-order valence-electron chi connectivity index (χ3n) is 6.09. The molecular weight excluding hydrogens is 426 g/mol. The van der Waals surface area contributed by atoms with E-state index in [2.05, 4.69) is 6.92 Å². The topological polar surface area (TPSA) is 98.4 Å². The first kappa shape index (κ1) is 21.3. The van der Waals surface area contributed by atoms with Gasteiger partial charge in [0.25, 0.3) is 0 Å². The molecule has 1 saturated heterocycles. The zero-order valence-electron chi connectivity index (χ0n) is 18.3. The normalized spacial score (nSPS) is 17.8. The number of hydrogen-bond donors (Lipinski definition) is 1. The van der Waals surface area contributed by atoms with Crippen molar-refractivity contribution >= 4 is 17.1 Å². The number of fused-ring (bicyclic) bond motifs is 2. The molecule has 3 aromatic rings. The second-order valence-electron chi connectivity index (χ2n) is 8.22. The molecule has 2 aliphatic heterocycles. The lowest BCUT2D eigenvalue weighted by Gasteiger charge is -2.32. The first-order valence-electron chi connectivity index (χ1n) is 11.1. The van der Waals surface area contributed by atoms with E-state index in [1.54, 1.807) is 12.1 Å². The van der Waals surface area contributed by atoms with Crippen LogP contribution in [0.25, 0.3) is 22.1 Å². The summed E-state index contributed by atoms with van der Waals surface area (Å²) in [6.45, 7) is 3.95. The van der Waals surface area contributed by atoms with Crippen LogP contribution in [-0.4, -0.2) is 49.0 Å². The smallest absolute Gasteiger partial charge is 0.407 e. The maximum Gasteiger partial charge on any atom is 0.407 e. The van der Waals surface area contributed by atoms with Crippen LogP contribution in [0.2, 0.25) is 0 Å². The Labute approximate surface area is 190 Å². The Morgan fingerprint density at radius 1 is 1.12 bits per heavy atom. The van der Waals surface area contributed by atoms with Gasteiger partial charge in [-0.2, -0.15) is 0 Å². The molecule has 0 aliphatic carbocycles. The minimum atomic E-state index is -0.961. The van der Waals surface area contributed by atoms with Gasteiger partial charge in [-0.3, -0.25) is 4.79 Å². The summed E-state index contributed by atoms with van der Waals surface area (Å²) in [7, 11) is 0. The molecule has 1 atom stereocenters. The fourth-order valence-corrected chi connectivity index (χ4v) is 4.44. The highest BCUT2D eigenvalue weighted by molar-refractivity contribution is 5.83. The number of nitrogens with zero attached hydrogens (tertiary/aromatic N) is 1. The van der Waals surface area contributed by atoms with Crippen molar-refractivity contribution in [2.24, 2.45) is 0 Å². The van der Waals surface area contributed by atoms with Crippen LogP contribution in [0.4, 0.5) is 4.79 Å². The highest BCUT2D eigenvalue weighted by Crippen LogP contribution is 2.35. The number of morpholine rings is 1. The number of benzene rings is 2. The Bertz CT molecular complexity index is 1270. The molecule has 2 aromatic carbocycles. The van der Waals surface area contributed by atoms with E-state index in [1.807, 2.05) is 18.2 Å². The third kappa shape index (κ3) is 4.02. The van der Waals surface area contributed by atoms with Crippen molar-refractivity contribution in [1.29, 1.82) is 0 Å². The van der Waals surface area contributed by atoms with Crippen LogP contribution in [0.5, 0.6) is 11.5 Å². The maximum absolute atomic E-state index is 13.4. The van der Waals surface area contributed by atoms with Gasteiger partial charge in [0.1, 0.15) is 31.2 Å². The molecule has 1 amide bonds. The fraction of sp³-hybridized carbons (Fsp3) is 0.360. The van der Waals surface area contributed by atoms with Crippen LogP contribution in [0.15, 0.2) is 45.8 Å². The lowest BCUT2D eigenvalue weighted by atomic mass is 9.94. The number of carbonyl (C=O) groups is 1. The number of ether oxygens (including phenoxy) is 3. The molecule has 8 nitrogen and oxygen atoms in total. The van der Waals surface area contributed by atoms with Crippen molar-refractivity contribution in [3.8, 4) is 22.6 Å². The minimum absolute atomic E-state index is 0.131. The van der Waals surface area contributed by atoms with Crippen LogP contribution in [-0.2, 0) is 11.2 Å². The highest BCUT2D eigenvalue weighted by Gasteiger charge is 2.27. The standard InChI is InChI=1S/C25H25NO7/c1-2-3-15-10-18-21(12-17(15)23-13-26(25(28)29)6-7-30-23)33-14-19(24(18)27)16-4-5-20-22(11-16)32-9-8-31-20/h4-5,10-12,14,23H,2-3,6-9,13H2,1H3,(H,28,29). The van der Waals surface area contributed by atoms with Crippen molar-refractivity contribution in [3.05, 3.63) is 57.9 Å². The number of hydrogen-bond acceptors (Lipinski definition) is 6. The van der Waals surface area contributed by atoms with Gasteiger partial charge in [-0.15, -0.1) is 0 Å². The molecule has 172 valence electrons. The predicted molar refractivity (Wildman–Crippen MR) is 121 cm³/mol. The summed E-state index contributed by atoms with van der Waals surface area (Å²) in [5, 5.41) is 9.88. The van der Waals surface area contributed by atoms with E-state index in [9.17, 15) is 14.7 Å². The number of amides is 1. The van der Waals surface area contributed by atoms with Gasteiger partial charge in [0.2, 0.25) is 5.43 Å². The van der Waals surface area contributed by atoms with E-state index < -0.39 is 12.2 Å². The molecule has 2 aliphatic rings. The van der Waals surface area contributed by atoms with Crippen molar-refractivity contribution in [2.75, 3.05) is 32.9 Å². The van der Waals surface area contributed by atoms with Gasteiger partial charge in [-0.1, -0.05) is 19.4 Å². The Hall–Kier alpha value is -3.52. The van der Waals surface area contributed by atoms with Crippen molar-refractivity contribution in [3.63, 3.8) is 0 Å². The van der Waals surface area contributed by atoms with Gasteiger partial charge in [0.05, 0.1) is 24.1 Å². The molecule has 0 radical (unpaired) electrons. The summed E-state index contributed by atoms with van der Waals surface area (Å²) >= 11 is 0. The minimum Gasteiger partial charge on any atom is -0.486 e. The van der Waals surface area contributed by atoms with E-state index in [-0.39, 0.29) is 12.0 Å². The van der Waals surface area contributed by atoms with Crippen LogP contribution in [0.1, 0.15) is 30.6 Å². The molecule has 33 heavy (non-hydrogen) atoms. The van der Waals surface area contributed by atoms with E-state index in [4.69, 9.17) is 18.6 Å². The van der Waals surface area contributed by atoms with Gasteiger partial charge in [-0.25, -0.2) is 4.79 Å². The zero-order chi connectivity index (χ0) is 22.9. The Morgan fingerprint density at radius 3 is 2.73 bits per heavy atom. The highest BCUT2D eigenvalue weighted by atomic mass is 16.6. The first-order chi connectivity index (χ1) is 16.0. The molecule has 1 fully saturated rings. The fourth-order valence-electron chi connectivity index (χ4n) is 4.44. The lowest BCUT2D eigenvalue weighted by Crippen LogP contribution is -2.41. The molecule has 3 heterocycles. The molecule has 1 N–H and O–H groups in total. The van der Waals surface area contributed by atoms with E-state index in [0.717, 1.165) is 24.0 Å². The van der Waals surface area contributed by atoms with Crippen LogP contribution >= 0.6 is 0 Å². The average molecular weight is 451 g/mol. The monoisotopic (exact) mass is 451 g/mol. The average Bonchev–Trinajstić information content (AvgIpc) is 2.84. The van der Waals surface area contributed by atoms with Gasteiger partial charge < -0.3 is 28.6 Å². The molecule has 0 saturated carbocycles. The number of aryl methyl sites for hydroxylation is 1. The Balaban J connectivity index is 1.57. The molecule has 1 unspecified atom stereocenters. The lowest BCUT2D eigenvalue weighted by molar-refractivity contribution is -0.0235. The van der Waals surface area contributed by atoms with Crippen molar-refractivity contribution in [1.82, 2.24) is 4.90 Å². The van der Waals surface area contributed by atoms with Crippen LogP contribution < -0.4 is 14.9 Å². The van der Waals surface area contributed by atoms with Gasteiger partial charge in [-0.05, 0) is 47.4 Å². The van der Waals surface area contributed by atoms with Crippen molar-refractivity contribution in [2.45, 2.75) is 25.9 Å². The summed E-state index contributed by atoms with van der Waals surface area (Å²) in [4.78, 5) is 26.2. The van der Waals surface area contributed by atoms with Crippen LogP contribution in [0, 0.1) is 0 Å². The molecule has 0 bridgehead atoms. The summed E-state index contributed by atoms with van der Waals surface area (Å²) in [6, 6.07) is 9.11. The zero-order valence-corrected chi connectivity index (χ0v) is 18.3. The largest absolute Gasteiger partial charge is 0.486 e. The van der Waals surface area contributed by atoms with Gasteiger partial charge in [0.15, 0.2) is 11.5 Å². The number of rotatable bonds is 4. The Kier molecular flexibility index (Phi) is 5.68. The van der Waals surface area contributed by atoms with Gasteiger partial charge in [0, 0.05) is 6.54 Å². The van der Waals surface area contributed by atoms with E-state index >= 15 is 0 Å².